The Balaban J connectivity index is 0. The van der Waals surface area contributed by atoms with Gasteiger partial charge in [-0.1, -0.05) is 0 Å². The van der Waals surface area contributed by atoms with Crippen LogP contribution in [-0.2, 0) is 0 Å². The van der Waals surface area contributed by atoms with E-state index in [0.717, 1.165) is 0 Å². The topological polar surface area (TPSA) is 69.2 Å². The predicted molar refractivity (Wildman–Crippen MR) is 5.75 cm³/mol. The molecule has 0 atom stereocenters. The Morgan fingerprint density at radius 3 is 1.00 bits per heavy atom. The first-order valence-corrected chi connectivity index (χ1v) is 2.41. The molecule has 0 radical (unpaired) electrons. The average molecular weight is 152 g/mol. The molecule has 0 N–H and O–H groups in total. The quantitative estimate of drug-likeness (QED) is 0.333. The minimum Gasteiger partial charge on any atom is -0.405 e. The van der Waals surface area contributed by atoms with E-state index in [1.165, 1.54) is 0 Å². The molecule has 0 spiro atoms. The summed E-state index contributed by atoms with van der Waals surface area (Å²) in [4.78, 5) is 0. The zero-order valence-electron chi connectivity index (χ0n) is 2.31. The van der Waals surface area contributed by atoms with Gasteiger partial charge in [0, 0.05) is 0 Å². The van der Waals surface area contributed by atoms with Crippen molar-refractivity contribution in [3.05, 3.63) is 0 Å². The zero-order valence-corrected chi connectivity index (χ0v) is 5.31. The summed E-state index contributed by atoms with van der Waals surface area (Å²) in [5.74, 6) is 0. The SMILES string of the molecule is [Mg+2].[O-][Br+2]([O-])[O-]. The van der Waals surface area contributed by atoms with E-state index in [1.54, 1.807) is 0 Å². The van der Waals surface area contributed by atoms with Crippen LogP contribution < -0.4 is 12.6 Å². The van der Waals surface area contributed by atoms with Crippen LogP contribution in [0.5, 0.6) is 0 Å². The molecule has 3 nitrogen and oxygen atoms in total. The van der Waals surface area contributed by atoms with Crippen LogP contribution in [0.1, 0.15) is 0 Å². The van der Waals surface area contributed by atoms with Crippen molar-refractivity contribution >= 4 is 23.1 Å². The smallest absolute Gasteiger partial charge is 0.405 e. The fraction of sp³-hybridized carbons (Fsp3) is 0. The second-order valence-electron chi connectivity index (χ2n) is 0.189. The van der Waals surface area contributed by atoms with Crippen LogP contribution in [0.15, 0.2) is 0 Å². The molecule has 0 aliphatic heterocycles. The van der Waals surface area contributed by atoms with Gasteiger partial charge in [0.2, 0.25) is 14.8 Å². The molecule has 5 heavy (non-hydrogen) atoms. The summed E-state index contributed by atoms with van der Waals surface area (Å²) >= 11 is -3.65. The predicted octanol–water partition coefficient (Wildman–Crippen LogP) is -3.95. The third kappa shape index (κ3) is 39.5. The largest absolute Gasteiger partial charge is 2.00 e. The number of hydrogen-bond donors (Lipinski definition) is 0. The van der Waals surface area contributed by atoms with Gasteiger partial charge in [0.25, 0.3) is 0 Å². The Hall–Kier alpha value is 1.13. The number of halogens is 1. The van der Waals surface area contributed by atoms with Crippen LogP contribution in [0.25, 0.3) is 0 Å². The van der Waals surface area contributed by atoms with E-state index in [9.17, 15) is 0 Å². The fourth-order valence-electron chi connectivity index (χ4n) is 0. The van der Waals surface area contributed by atoms with E-state index in [4.69, 9.17) is 12.6 Å². The molecule has 0 rings (SSSR count). The van der Waals surface area contributed by atoms with Gasteiger partial charge in [-0.05, 0) is 0 Å². The molecule has 5 heteroatoms. The first-order valence-electron chi connectivity index (χ1n) is 0.463. The maximum atomic E-state index is 8.52. The van der Waals surface area contributed by atoms with Crippen molar-refractivity contribution in [1.29, 1.82) is 0 Å². The zero-order chi connectivity index (χ0) is 3.58. The van der Waals surface area contributed by atoms with Crippen LogP contribution in [0.2, 0.25) is 0 Å². The van der Waals surface area contributed by atoms with Crippen molar-refractivity contribution in [1.82, 2.24) is 0 Å². The molecular formula is BrMgO3+. The Labute approximate surface area is 50.6 Å². The van der Waals surface area contributed by atoms with Crippen molar-refractivity contribution in [2.75, 3.05) is 0 Å². The first-order chi connectivity index (χ1) is 1.73. The molecule has 0 aromatic heterocycles. The molecule has 26 valence electrons. The van der Waals surface area contributed by atoms with Gasteiger partial charge in [-0.2, -0.15) is 0 Å². The summed E-state index contributed by atoms with van der Waals surface area (Å²) in [7, 11) is 0. The van der Waals surface area contributed by atoms with Crippen molar-refractivity contribution in [2.45, 2.75) is 0 Å². The van der Waals surface area contributed by atoms with Crippen LogP contribution in [0.3, 0.4) is 0 Å². The van der Waals surface area contributed by atoms with E-state index in [2.05, 4.69) is 0 Å². The number of rotatable bonds is 0. The third-order valence-corrected chi connectivity index (χ3v) is 0. The summed E-state index contributed by atoms with van der Waals surface area (Å²) in [6.07, 6.45) is 0. The second kappa shape index (κ2) is 5.13. The van der Waals surface area contributed by atoms with Gasteiger partial charge in [0.1, 0.15) is 0 Å². The van der Waals surface area contributed by atoms with E-state index < -0.39 is 14.8 Å². The molecule has 0 fully saturated rings. The molecule has 0 saturated carbocycles. The van der Waals surface area contributed by atoms with Gasteiger partial charge >= 0.3 is 23.1 Å². The fourth-order valence-corrected chi connectivity index (χ4v) is 0. The molecule has 0 heterocycles. The van der Waals surface area contributed by atoms with Gasteiger partial charge < -0.3 is 12.6 Å². The molecular weight excluding hydrogens is 152 g/mol. The minimum atomic E-state index is -3.65. The van der Waals surface area contributed by atoms with E-state index >= 15 is 0 Å². The van der Waals surface area contributed by atoms with Crippen molar-refractivity contribution < 1.29 is 27.4 Å². The van der Waals surface area contributed by atoms with Crippen LogP contribution in [0.4, 0.5) is 0 Å². The Kier molecular flexibility index (Phi) is 9.69. The Bertz CT molecular complexity index is 11.6. The Morgan fingerprint density at radius 2 is 1.00 bits per heavy atom. The second-order valence-corrected chi connectivity index (χ2v) is 0.982. The third-order valence-electron chi connectivity index (χ3n) is 0. The van der Waals surface area contributed by atoms with Crippen molar-refractivity contribution in [3.63, 3.8) is 0 Å². The van der Waals surface area contributed by atoms with Crippen molar-refractivity contribution in [3.8, 4) is 0 Å². The van der Waals surface area contributed by atoms with Crippen LogP contribution >= 0.6 is 0 Å². The molecule has 0 aliphatic rings. The monoisotopic (exact) mass is 151 g/mol. The molecule has 0 aromatic carbocycles. The van der Waals surface area contributed by atoms with Gasteiger partial charge in [0.05, 0.1) is 0 Å². The normalized spacial score (nSPS) is 7.20. The summed E-state index contributed by atoms with van der Waals surface area (Å²) in [5.41, 5.74) is 0. The van der Waals surface area contributed by atoms with Gasteiger partial charge in [-0.3, -0.25) is 0 Å². The summed E-state index contributed by atoms with van der Waals surface area (Å²) in [5, 5.41) is 0. The summed E-state index contributed by atoms with van der Waals surface area (Å²) in [6, 6.07) is 0. The van der Waals surface area contributed by atoms with Gasteiger partial charge in [0.15, 0.2) is 0 Å². The van der Waals surface area contributed by atoms with Crippen molar-refractivity contribution in [2.24, 2.45) is 0 Å². The Morgan fingerprint density at radius 1 is 1.00 bits per heavy atom. The van der Waals surface area contributed by atoms with Gasteiger partial charge in [-0.15, -0.1) is 0 Å². The molecule has 0 aromatic rings. The van der Waals surface area contributed by atoms with E-state index in [1.807, 2.05) is 0 Å². The molecule has 0 saturated heterocycles. The van der Waals surface area contributed by atoms with E-state index in [-0.39, 0.29) is 23.1 Å². The molecule has 0 aliphatic carbocycles. The summed E-state index contributed by atoms with van der Waals surface area (Å²) < 4.78 is 25.6. The minimum absolute atomic E-state index is 0. The standard InChI is InChI=1S/BrO3.Mg/c2-1(3)4;/q-1;+2. The van der Waals surface area contributed by atoms with Gasteiger partial charge in [-0.25, -0.2) is 0 Å². The van der Waals surface area contributed by atoms with Crippen LogP contribution in [-0.4, -0.2) is 23.1 Å². The number of hydrogen-bond acceptors (Lipinski definition) is 3. The average Bonchev–Trinajstić information content (AvgIpc) is 0.811. The summed E-state index contributed by atoms with van der Waals surface area (Å²) in [6.45, 7) is 0. The maximum absolute atomic E-state index is 8.52. The van der Waals surface area contributed by atoms with E-state index in [0.29, 0.717) is 0 Å². The molecule has 0 amide bonds. The maximum Gasteiger partial charge on any atom is 2.00 e. The molecule has 0 bridgehead atoms. The first kappa shape index (κ1) is 9.46. The molecule has 0 unspecified atom stereocenters. The van der Waals surface area contributed by atoms with Crippen LogP contribution in [0, 0.1) is 14.8 Å².